The van der Waals surface area contributed by atoms with Crippen LogP contribution in [0.5, 0.6) is 0 Å². The molecule has 1 aromatic rings. The van der Waals surface area contributed by atoms with Crippen LogP contribution >= 0.6 is 11.3 Å². The molecule has 5 nitrogen and oxygen atoms in total. The zero-order valence-electron chi connectivity index (χ0n) is 13.0. The Bertz CT molecular complexity index is 352. The van der Waals surface area contributed by atoms with Crippen molar-refractivity contribution >= 4 is 16.5 Å². The summed E-state index contributed by atoms with van der Waals surface area (Å²) in [6.07, 6.45) is 1.13. The Morgan fingerprint density at radius 3 is 2.50 bits per heavy atom. The fourth-order valence-corrected chi connectivity index (χ4v) is 2.76. The van der Waals surface area contributed by atoms with Crippen molar-refractivity contribution in [2.45, 2.75) is 26.3 Å². The van der Waals surface area contributed by atoms with E-state index in [0.29, 0.717) is 19.3 Å². The predicted octanol–water partition coefficient (Wildman–Crippen LogP) is 2.30. The summed E-state index contributed by atoms with van der Waals surface area (Å²) in [6, 6.07) is 0.298. The number of hydrogen-bond donors (Lipinski definition) is 1. The molecule has 0 bridgehead atoms. The molecule has 0 radical (unpaired) electrons. The predicted molar refractivity (Wildman–Crippen MR) is 84.8 cm³/mol. The SMILES string of the molecule is CCCNC(C)c1csc(N(CCOC)CCOC)n1. The second-order valence-electron chi connectivity index (χ2n) is 4.70. The highest BCUT2D eigenvalue weighted by molar-refractivity contribution is 7.13. The standard InChI is InChI=1S/C14H27N3O2S/c1-5-6-15-12(2)13-11-20-14(16-13)17(7-9-18-3)8-10-19-4/h11-12,15H,5-10H2,1-4H3. The summed E-state index contributed by atoms with van der Waals surface area (Å²) >= 11 is 1.68. The van der Waals surface area contributed by atoms with Crippen LogP contribution in [0.2, 0.25) is 0 Å². The zero-order valence-corrected chi connectivity index (χ0v) is 13.8. The Morgan fingerprint density at radius 1 is 1.30 bits per heavy atom. The summed E-state index contributed by atoms with van der Waals surface area (Å²) in [5, 5.41) is 6.64. The second kappa shape index (κ2) is 10.1. The molecule has 6 heteroatoms. The van der Waals surface area contributed by atoms with E-state index in [0.717, 1.165) is 36.9 Å². The lowest BCUT2D eigenvalue weighted by molar-refractivity contribution is 0.190. The molecule has 1 N–H and O–H groups in total. The van der Waals surface area contributed by atoms with Gasteiger partial charge in [-0.05, 0) is 19.9 Å². The molecule has 1 unspecified atom stereocenters. The Labute approximate surface area is 126 Å². The number of hydrogen-bond acceptors (Lipinski definition) is 6. The monoisotopic (exact) mass is 301 g/mol. The van der Waals surface area contributed by atoms with E-state index in [1.54, 1.807) is 25.6 Å². The third-order valence-electron chi connectivity index (χ3n) is 3.06. The van der Waals surface area contributed by atoms with Gasteiger partial charge in [0.2, 0.25) is 0 Å². The summed E-state index contributed by atoms with van der Waals surface area (Å²) in [4.78, 5) is 6.96. The molecule has 0 saturated carbocycles. The van der Waals surface area contributed by atoms with Crippen molar-refractivity contribution < 1.29 is 9.47 Å². The Hall–Kier alpha value is -0.690. The fraction of sp³-hybridized carbons (Fsp3) is 0.786. The summed E-state index contributed by atoms with van der Waals surface area (Å²) < 4.78 is 10.3. The van der Waals surface area contributed by atoms with Crippen molar-refractivity contribution in [2.24, 2.45) is 0 Å². The van der Waals surface area contributed by atoms with Crippen molar-refractivity contribution in [3.05, 3.63) is 11.1 Å². The fourth-order valence-electron chi connectivity index (χ4n) is 1.79. The van der Waals surface area contributed by atoms with Crippen molar-refractivity contribution in [1.29, 1.82) is 0 Å². The Balaban J connectivity index is 2.63. The average molecular weight is 301 g/mol. The van der Waals surface area contributed by atoms with Gasteiger partial charge in [0.1, 0.15) is 0 Å². The van der Waals surface area contributed by atoms with Gasteiger partial charge in [-0.15, -0.1) is 11.3 Å². The number of anilines is 1. The summed E-state index contributed by atoms with van der Waals surface area (Å²) in [6.45, 7) is 8.41. The highest BCUT2D eigenvalue weighted by Crippen LogP contribution is 2.24. The molecule has 1 rings (SSSR count). The molecule has 0 saturated heterocycles. The van der Waals surface area contributed by atoms with Crippen molar-refractivity contribution in [2.75, 3.05) is 52.0 Å². The lowest BCUT2D eigenvalue weighted by atomic mass is 10.2. The zero-order chi connectivity index (χ0) is 14.8. The number of thiazole rings is 1. The molecule has 0 aliphatic rings. The minimum atomic E-state index is 0.298. The topological polar surface area (TPSA) is 46.6 Å². The smallest absolute Gasteiger partial charge is 0.185 e. The maximum atomic E-state index is 5.16. The third kappa shape index (κ3) is 5.75. The van der Waals surface area contributed by atoms with Crippen LogP contribution in [0.1, 0.15) is 32.0 Å². The average Bonchev–Trinajstić information content (AvgIpc) is 2.94. The van der Waals surface area contributed by atoms with E-state index in [1.165, 1.54) is 0 Å². The maximum Gasteiger partial charge on any atom is 0.185 e. The number of methoxy groups -OCH3 is 2. The molecule has 0 aromatic carbocycles. The van der Waals surface area contributed by atoms with Crippen LogP contribution in [0, 0.1) is 0 Å². The van der Waals surface area contributed by atoms with Gasteiger partial charge in [-0.1, -0.05) is 6.92 Å². The Morgan fingerprint density at radius 2 is 1.95 bits per heavy atom. The van der Waals surface area contributed by atoms with Crippen LogP contribution in [-0.4, -0.2) is 52.1 Å². The number of rotatable bonds is 11. The van der Waals surface area contributed by atoms with Gasteiger partial charge in [0.05, 0.1) is 18.9 Å². The molecule has 1 aromatic heterocycles. The molecule has 0 spiro atoms. The van der Waals surface area contributed by atoms with Crippen LogP contribution in [0.15, 0.2) is 5.38 Å². The van der Waals surface area contributed by atoms with Gasteiger partial charge in [0, 0.05) is 38.7 Å². The second-order valence-corrected chi connectivity index (χ2v) is 5.54. The largest absolute Gasteiger partial charge is 0.383 e. The van der Waals surface area contributed by atoms with Gasteiger partial charge in [-0.25, -0.2) is 4.98 Å². The molecule has 0 aliphatic heterocycles. The van der Waals surface area contributed by atoms with E-state index in [9.17, 15) is 0 Å². The van der Waals surface area contributed by atoms with Gasteiger partial charge in [0.15, 0.2) is 5.13 Å². The van der Waals surface area contributed by atoms with E-state index >= 15 is 0 Å². The number of nitrogens with one attached hydrogen (secondary N) is 1. The van der Waals surface area contributed by atoms with Gasteiger partial charge < -0.3 is 19.7 Å². The summed E-state index contributed by atoms with van der Waals surface area (Å²) in [5.41, 5.74) is 1.11. The van der Waals surface area contributed by atoms with Crippen molar-refractivity contribution in [3.63, 3.8) is 0 Å². The third-order valence-corrected chi connectivity index (χ3v) is 3.97. The molecule has 1 atom stereocenters. The van der Waals surface area contributed by atoms with E-state index in [1.807, 2.05) is 0 Å². The minimum Gasteiger partial charge on any atom is -0.383 e. The molecule has 1 heterocycles. The first-order valence-electron chi connectivity index (χ1n) is 7.14. The molecule has 0 fully saturated rings. The maximum absolute atomic E-state index is 5.16. The van der Waals surface area contributed by atoms with Gasteiger partial charge in [-0.3, -0.25) is 0 Å². The van der Waals surface area contributed by atoms with Crippen LogP contribution in [0.25, 0.3) is 0 Å². The van der Waals surface area contributed by atoms with Crippen LogP contribution in [0.3, 0.4) is 0 Å². The van der Waals surface area contributed by atoms with Crippen LogP contribution < -0.4 is 10.2 Å². The molecular weight excluding hydrogens is 274 g/mol. The number of nitrogens with zero attached hydrogens (tertiary/aromatic N) is 2. The molecular formula is C14H27N3O2S. The van der Waals surface area contributed by atoms with E-state index in [4.69, 9.17) is 14.5 Å². The van der Waals surface area contributed by atoms with Gasteiger partial charge in [-0.2, -0.15) is 0 Å². The molecule has 116 valence electrons. The number of aromatic nitrogens is 1. The summed E-state index contributed by atoms with van der Waals surface area (Å²) in [5.74, 6) is 0. The van der Waals surface area contributed by atoms with Gasteiger partial charge in [0.25, 0.3) is 0 Å². The molecule has 0 aliphatic carbocycles. The first kappa shape index (κ1) is 17.4. The minimum absolute atomic E-state index is 0.298. The highest BCUT2D eigenvalue weighted by atomic mass is 32.1. The first-order valence-corrected chi connectivity index (χ1v) is 8.02. The normalized spacial score (nSPS) is 12.6. The van der Waals surface area contributed by atoms with E-state index in [-0.39, 0.29) is 0 Å². The summed E-state index contributed by atoms with van der Waals surface area (Å²) in [7, 11) is 3.44. The quantitative estimate of drug-likeness (QED) is 0.679. The van der Waals surface area contributed by atoms with E-state index in [2.05, 4.69) is 29.4 Å². The first-order chi connectivity index (χ1) is 9.72. The lowest BCUT2D eigenvalue weighted by Gasteiger charge is -2.21. The van der Waals surface area contributed by atoms with Crippen molar-refractivity contribution in [1.82, 2.24) is 10.3 Å². The van der Waals surface area contributed by atoms with Crippen molar-refractivity contribution in [3.8, 4) is 0 Å². The Kier molecular flexibility index (Phi) is 8.77. The van der Waals surface area contributed by atoms with Crippen LogP contribution in [0.4, 0.5) is 5.13 Å². The molecule has 0 amide bonds. The van der Waals surface area contributed by atoms with E-state index < -0.39 is 0 Å². The lowest BCUT2D eigenvalue weighted by Crippen LogP contribution is -2.30. The molecule has 20 heavy (non-hydrogen) atoms. The van der Waals surface area contributed by atoms with Crippen LogP contribution in [-0.2, 0) is 9.47 Å². The number of ether oxygens (including phenoxy) is 2. The highest BCUT2D eigenvalue weighted by Gasteiger charge is 2.14. The van der Waals surface area contributed by atoms with Gasteiger partial charge >= 0.3 is 0 Å².